The summed E-state index contributed by atoms with van der Waals surface area (Å²) >= 11 is 0. The fraction of sp³-hybridized carbons (Fsp3) is 0.833. The van der Waals surface area contributed by atoms with Crippen molar-refractivity contribution in [2.45, 2.75) is 52.7 Å². The highest BCUT2D eigenvalue weighted by molar-refractivity contribution is 5.79. The molecule has 0 spiro atoms. The summed E-state index contributed by atoms with van der Waals surface area (Å²) in [6.45, 7) is 11.0. The molecule has 1 rings (SSSR count). The lowest BCUT2D eigenvalue weighted by atomic mass is 10.2. The lowest BCUT2D eigenvalue weighted by molar-refractivity contribution is 0.0293. The van der Waals surface area contributed by atoms with Gasteiger partial charge in [0.15, 0.2) is 0 Å². The average molecular weight is 226 g/mol. The lowest BCUT2D eigenvalue weighted by Crippen LogP contribution is -2.35. The van der Waals surface area contributed by atoms with Crippen LogP contribution in [-0.2, 0) is 4.74 Å². The Hall–Kier alpha value is -1.06. The number of ether oxygens (including phenoxy) is 1. The van der Waals surface area contributed by atoms with Crippen LogP contribution in [0.5, 0.6) is 0 Å². The van der Waals surface area contributed by atoms with Gasteiger partial charge in [-0.15, -0.1) is 0 Å². The zero-order valence-corrected chi connectivity index (χ0v) is 10.9. The molecule has 0 aromatic heterocycles. The van der Waals surface area contributed by atoms with E-state index in [4.69, 9.17) is 4.74 Å². The van der Waals surface area contributed by atoms with Gasteiger partial charge in [0.2, 0.25) is 0 Å². The summed E-state index contributed by atoms with van der Waals surface area (Å²) in [4.78, 5) is 18.0. The van der Waals surface area contributed by atoms with E-state index in [0.29, 0.717) is 6.54 Å². The predicted octanol–water partition coefficient (Wildman–Crippen LogP) is 2.48. The third-order valence-corrected chi connectivity index (χ3v) is 2.26. The van der Waals surface area contributed by atoms with Crippen LogP contribution in [0.25, 0.3) is 0 Å². The third kappa shape index (κ3) is 4.21. The average Bonchev–Trinajstić information content (AvgIpc) is 2.48. The van der Waals surface area contributed by atoms with E-state index in [1.54, 1.807) is 4.90 Å². The Balaban J connectivity index is 2.47. The van der Waals surface area contributed by atoms with E-state index in [9.17, 15) is 4.79 Å². The van der Waals surface area contributed by atoms with Gasteiger partial charge in [-0.1, -0.05) is 0 Å². The number of carbonyl (C=O) groups excluding carboxylic acids is 1. The molecule has 0 radical (unpaired) electrons. The minimum absolute atomic E-state index is 0.223. The van der Waals surface area contributed by atoms with E-state index >= 15 is 0 Å². The van der Waals surface area contributed by atoms with Gasteiger partial charge in [-0.25, -0.2) is 4.79 Å². The maximum atomic E-state index is 11.7. The molecule has 0 bridgehead atoms. The van der Waals surface area contributed by atoms with Gasteiger partial charge in [-0.2, -0.15) is 0 Å². The standard InChI is InChI=1S/C12H22N2O2/c1-9(2)13-10-6-7-14(8-10)11(15)16-12(3,4)5/h10H,6-8H2,1-5H3/t10-/m1/s1. The fourth-order valence-electron chi connectivity index (χ4n) is 1.70. The molecule has 0 saturated carbocycles. The quantitative estimate of drug-likeness (QED) is 0.644. The van der Waals surface area contributed by atoms with Crippen LogP contribution < -0.4 is 0 Å². The zero-order chi connectivity index (χ0) is 12.3. The molecule has 4 heteroatoms. The summed E-state index contributed by atoms with van der Waals surface area (Å²) < 4.78 is 5.31. The van der Waals surface area contributed by atoms with E-state index in [1.807, 2.05) is 34.6 Å². The van der Waals surface area contributed by atoms with Crippen LogP contribution >= 0.6 is 0 Å². The van der Waals surface area contributed by atoms with Crippen LogP contribution in [0.15, 0.2) is 4.99 Å². The Kier molecular flexibility index (Phi) is 3.94. The van der Waals surface area contributed by atoms with Crippen molar-refractivity contribution in [2.24, 2.45) is 4.99 Å². The molecule has 1 saturated heterocycles. The number of rotatable bonds is 1. The van der Waals surface area contributed by atoms with Crippen molar-refractivity contribution in [3.8, 4) is 0 Å². The van der Waals surface area contributed by atoms with Gasteiger partial charge < -0.3 is 9.64 Å². The first-order valence-corrected chi connectivity index (χ1v) is 5.77. The number of likely N-dealkylation sites (tertiary alicyclic amines) is 1. The molecule has 1 aliphatic rings. The molecular weight excluding hydrogens is 204 g/mol. The molecule has 0 aromatic rings. The van der Waals surface area contributed by atoms with E-state index in [2.05, 4.69) is 4.99 Å². The monoisotopic (exact) mass is 226 g/mol. The Labute approximate surface area is 97.7 Å². The fourth-order valence-corrected chi connectivity index (χ4v) is 1.70. The van der Waals surface area contributed by atoms with Crippen LogP contribution in [0.4, 0.5) is 4.79 Å². The Bertz CT molecular complexity index is 288. The van der Waals surface area contributed by atoms with Gasteiger partial charge in [0.05, 0.1) is 6.04 Å². The predicted molar refractivity (Wildman–Crippen MR) is 65.0 cm³/mol. The molecule has 4 nitrogen and oxygen atoms in total. The molecule has 0 unspecified atom stereocenters. The number of hydrogen-bond donors (Lipinski definition) is 0. The largest absolute Gasteiger partial charge is 0.444 e. The maximum absolute atomic E-state index is 11.7. The Morgan fingerprint density at radius 3 is 2.50 bits per heavy atom. The molecular formula is C12H22N2O2. The second kappa shape index (κ2) is 4.85. The minimum Gasteiger partial charge on any atom is -0.444 e. The second-order valence-corrected chi connectivity index (χ2v) is 5.45. The summed E-state index contributed by atoms with van der Waals surface area (Å²) in [5, 5.41) is 0. The number of nitrogens with zero attached hydrogens (tertiary/aromatic N) is 2. The summed E-state index contributed by atoms with van der Waals surface area (Å²) in [7, 11) is 0. The highest BCUT2D eigenvalue weighted by Crippen LogP contribution is 2.17. The van der Waals surface area contributed by atoms with Crippen molar-refractivity contribution in [1.29, 1.82) is 0 Å². The Morgan fingerprint density at radius 2 is 2.00 bits per heavy atom. The summed E-state index contributed by atoms with van der Waals surface area (Å²) in [6.07, 6.45) is 0.712. The first-order chi connectivity index (χ1) is 7.28. The lowest BCUT2D eigenvalue weighted by Gasteiger charge is -2.24. The van der Waals surface area contributed by atoms with Gasteiger partial charge in [0.25, 0.3) is 0 Å². The van der Waals surface area contributed by atoms with Crippen LogP contribution in [0.1, 0.15) is 41.0 Å². The van der Waals surface area contributed by atoms with E-state index in [1.165, 1.54) is 0 Å². The Morgan fingerprint density at radius 1 is 1.38 bits per heavy atom. The van der Waals surface area contributed by atoms with Gasteiger partial charge in [-0.05, 0) is 41.0 Å². The third-order valence-electron chi connectivity index (χ3n) is 2.26. The highest BCUT2D eigenvalue weighted by Gasteiger charge is 2.29. The molecule has 0 aromatic carbocycles. The van der Waals surface area contributed by atoms with Crippen molar-refractivity contribution in [2.75, 3.05) is 13.1 Å². The molecule has 1 amide bonds. The molecule has 1 fully saturated rings. The molecule has 16 heavy (non-hydrogen) atoms. The molecule has 0 aliphatic carbocycles. The normalized spacial score (nSPS) is 20.8. The first-order valence-electron chi connectivity index (χ1n) is 5.77. The molecule has 0 N–H and O–H groups in total. The van der Waals surface area contributed by atoms with Gasteiger partial charge in [0, 0.05) is 18.8 Å². The molecule has 1 atom stereocenters. The highest BCUT2D eigenvalue weighted by atomic mass is 16.6. The molecule has 1 aliphatic heterocycles. The van der Waals surface area contributed by atoms with E-state index in [0.717, 1.165) is 18.7 Å². The van der Waals surface area contributed by atoms with Crippen LogP contribution in [0.3, 0.4) is 0 Å². The van der Waals surface area contributed by atoms with Crippen LogP contribution in [-0.4, -0.2) is 41.4 Å². The van der Waals surface area contributed by atoms with Gasteiger partial charge >= 0.3 is 6.09 Å². The van der Waals surface area contributed by atoms with Gasteiger partial charge in [0.1, 0.15) is 5.60 Å². The second-order valence-electron chi connectivity index (χ2n) is 5.45. The maximum Gasteiger partial charge on any atom is 0.410 e. The summed E-state index contributed by atoms with van der Waals surface area (Å²) in [5.41, 5.74) is 0.648. The minimum atomic E-state index is -0.418. The summed E-state index contributed by atoms with van der Waals surface area (Å²) in [6, 6.07) is 0.248. The van der Waals surface area contributed by atoms with Crippen molar-refractivity contribution in [3.05, 3.63) is 0 Å². The number of hydrogen-bond acceptors (Lipinski definition) is 3. The first kappa shape index (κ1) is 13.0. The summed E-state index contributed by atoms with van der Waals surface area (Å²) in [5.74, 6) is 0. The van der Waals surface area contributed by atoms with Crippen molar-refractivity contribution in [3.63, 3.8) is 0 Å². The zero-order valence-electron chi connectivity index (χ0n) is 10.9. The van der Waals surface area contributed by atoms with Gasteiger partial charge in [-0.3, -0.25) is 4.99 Å². The van der Waals surface area contributed by atoms with Crippen molar-refractivity contribution < 1.29 is 9.53 Å². The van der Waals surface area contributed by atoms with Crippen LogP contribution in [0.2, 0.25) is 0 Å². The van der Waals surface area contributed by atoms with E-state index in [-0.39, 0.29) is 12.1 Å². The topological polar surface area (TPSA) is 41.9 Å². The van der Waals surface area contributed by atoms with Crippen molar-refractivity contribution >= 4 is 11.8 Å². The smallest absolute Gasteiger partial charge is 0.410 e. The molecule has 1 heterocycles. The number of aliphatic imine (C=N–C) groups is 1. The van der Waals surface area contributed by atoms with Crippen molar-refractivity contribution in [1.82, 2.24) is 4.90 Å². The number of amides is 1. The SMILES string of the molecule is CC(C)=N[C@@H]1CCN(C(=O)OC(C)(C)C)C1. The number of carbonyl (C=O) groups is 1. The molecule has 92 valence electrons. The van der Waals surface area contributed by atoms with Crippen LogP contribution in [0, 0.1) is 0 Å². The van der Waals surface area contributed by atoms with E-state index < -0.39 is 5.60 Å².